The average Bonchev–Trinajstić information content (AvgIpc) is 2.49. The minimum atomic E-state index is 0. The van der Waals surface area contributed by atoms with E-state index < -0.39 is 0 Å². The van der Waals surface area contributed by atoms with Crippen LogP contribution in [0.15, 0.2) is 73.1 Å². The molecule has 1 radical (unpaired) electrons. The van der Waals surface area contributed by atoms with Crippen LogP contribution in [0.3, 0.4) is 0 Å². The van der Waals surface area contributed by atoms with E-state index in [1.165, 1.54) is 0 Å². The SMILES string of the molecule is [Ru+3].c1ccc(-c2cc(-c3ccccc3)ncn2)cc1. The zero-order chi connectivity index (χ0) is 12.2. The van der Waals surface area contributed by atoms with E-state index in [9.17, 15) is 0 Å². The molecule has 2 aromatic carbocycles. The fourth-order valence-electron chi connectivity index (χ4n) is 1.89. The smallest absolute Gasteiger partial charge is 0.236 e. The van der Waals surface area contributed by atoms with Gasteiger partial charge in [-0.2, -0.15) is 0 Å². The molecule has 0 unspecified atom stereocenters. The molecule has 0 atom stereocenters. The van der Waals surface area contributed by atoms with E-state index in [2.05, 4.69) is 34.2 Å². The first-order valence-corrected chi connectivity index (χ1v) is 5.86. The van der Waals surface area contributed by atoms with Gasteiger partial charge in [-0.25, -0.2) is 9.97 Å². The van der Waals surface area contributed by atoms with E-state index in [0.29, 0.717) is 0 Å². The van der Waals surface area contributed by atoms with Crippen molar-refractivity contribution in [1.82, 2.24) is 9.97 Å². The number of aromatic nitrogens is 2. The van der Waals surface area contributed by atoms with Crippen molar-refractivity contribution in [3.63, 3.8) is 0 Å². The Labute approximate surface area is 125 Å². The molecular formula is C16H12N2Ru+3. The molecule has 0 spiro atoms. The van der Waals surface area contributed by atoms with Crippen LogP contribution in [-0.4, -0.2) is 9.97 Å². The number of hydrogen-bond donors (Lipinski definition) is 0. The number of hydrogen-bond acceptors (Lipinski definition) is 2. The molecule has 0 saturated carbocycles. The minimum absolute atomic E-state index is 0. The van der Waals surface area contributed by atoms with Crippen LogP contribution < -0.4 is 0 Å². The molecule has 3 rings (SSSR count). The third kappa shape index (κ3) is 3.13. The average molecular weight is 333 g/mol. The zero-order valence-corrected chi connectivity index (χ0v) is 11.9. The van der Waals surface area contributed by atoms with Crippen LogP contribution in [0, 0.1) is 0 Å². The van der Waals surface area contributed by atoms with E-state index in [1.54, 1.807) is 6.33 Å². The van der Waals surface area contributed by atoms with E-state index in [1.807, 2.05) is 42.5 Å². The molecule has 3 aromatic rings. The topological polar surface area (TPSA) is 25.8 Å². The summed E-state index contributed by atoms with van der Waals surface area (Å²) in [5.41, 5.74) is 4.11. The molecule has 0 N–H and O–H groups in total. The quantitative estimate of drug-likeness (QED) is 0.667. The maximum Gasteiger partial charge on any atom is 3.00 e. The van der Waals surface area contributed by atoms with E-state index in [-0.39, 0.29) is 19.5 Å². The molecule has 0 aliphatic rings. The molecule has 0 fully saturated rings. The Hall–Kier alpha value is -1.86. The van der Waals surface area contributed by atoms with Crippen LogP contribution in [0.25, 0.3) is 22.5 Å². The summed E-state index contributed by atoms with van der Waals surface area (Å²) in [7, 11) is 0. The van der Waals surface area contributed by atoms with Crippen molar-refractivity contribution >= 4 is 0 Å². The Morgan fingerprint density at radius 2 is 1.00 bits per heavy atom. The van der Waals surface area contributed by atoms with Gasteiger partial charge in [-0.3, -0.25) is 0 Å². The normalized spacial score (nSPS) is 9.68. The first kappa shape index (κ1) is 13.6. The second kappa shape index (κ2) is 6.35. The van der Waals surface area contributed by atoms with Crippen molar-refractivity contribution in [2.75, 3.05) is 0 Å². The number of benzene rings is 2. The van der Waals surface area contributed by atoms with Crippen LogP contribution in [0.1, 0.15) is 0 Å². The van der Waals surface area contributed by atoms with Gasteiger partial charge < -0.3 is 0 Å². The predicted octanol–water partition coefficient (Wildman–Crippen LogP) is 3.81. The van der Waals surface area contributed by atoms with E-state index in [4.69, 9.17) is 0 Å². The monoisotopic (exact) mass is 334 g/mol. The first-order chi connectivity index (χ1) is 8.93. The van der Waals surface area contributed by atoms with Crippen LogP contribution in [0.4, 0.5) is 0 Å². The van der Waals surface area contributed by atoms with Gasteiger partial charge in [0.05, 0.1) is 11.4 Å². The van der Waals surface area contributed by atoms with Crippen LogP contribution in [0.2, 0.25) is 0 Å². The standard InChI is InChI=1S/C16H12N2.Ru/c1-3-7-13(8-4-1)15-11-16(18-12-17-15)14-9-5-2-6-10-14;/h1-12H;/q;+3. The van der Waals surface area contributed by atoms with E-state index >= 15 is 0 Å². The number of rotatable bonds is 2. The van der Waals surface area contributed by atoms with Gasteiger partial charge in [0.15, 0.2) is 0 Å². The van der Waals surface area contributed by atoms with Gasteiger partial charge in [0.25, 0.3) is 0 Å². The van der Waals surface area contributed by atoms with Crippen molar-refractivity contribution in [1.29, 1.82) is 0 Å². The Morgan fingerprint density at radius 1 is 0.579 bits per heavy atom. The Morgan fingerprint density at radius 3 is 1.42 bits per heavy atom. The van der Waals surface area contributed by atoms with Gasteiger partial charge in [0.1, 0.15) is 6.33 Å². The molecule has 1 aromatic heterocycles. The predicted molar refractivity (Wildman–Crippen MR) is 72.9 cm³/mol. The van der Waals surface area contributed by atoms with E-state index in [0.717, 1.165) is 22.5 Å². The fraction of sp³-hybridized carbons (Fsp3) is 0. The summed E-state index contributed by atoms with van der Waals surface area (Å²) in [4.78, 5) is 8.65. The van der Waals surface area contributed by atoms with Gasteiger partial charge in [0, 0.05) is 11.1 Å². The Bertz CT molecular complexity index is 584. The van der Waals surface area contributed by atoms with Crippen LogP contribution in [0.5, 0.6) is 0 Å². The molecule has 0 aliphatic heterocycles. The molecule has 91 valence electrons. The summed E-state index contributed by atoms with van der Waals surface area (Å²) in [6, 6.07) is 22.3. The fourth-order valence-corrected chi connectivity index (χ4v) is 1.89. The van der Waals surface area contributed by atoms with Crippen LogP contribution in [-0.2, 0) is 19.5 Å². The summed E-state index contributed by atoms with van der Waals surface area (Å²) >= 11 is 0. The van der Waals surface area contributed by atoms with Gasteiger partial charge in [-0.1, -0.05) is 60.7 Å². The van der Waals surface area contributed by atoms with Gasteiger partial charge in [0.2, 0.25) is 0 Å². The molecule has 3 heteroatoms. The summed E-state index contributed by atoms with van der Waals surface area (Å²) in [5.74, 6) is 0. The summed E-state index contributed by atoms with van der Waals surface area (Å²) < 4.78 is 0. The van der Waals surface area contributed by atoms with Crippen molar-refractivity contribution in [2.45, 2.75) is 0 Å². The van der Waals surface area contributed by atoms with Crippen molar-refractivity contribution < 1.29 is 19.5 Å². The molecule has 0 saturated heterocycles. The number of nitrogens with zero attached hydrogens (tertiary/aromatic N) is 2. The molecule has 0 amide bonds. The molecule has 0 bridgehead atoms. The van der Waals surface area contributed by atoms with Gasteiger partial charge >= 0.3 is 19.5 Å². The van der Waals surface area contributed by atoms with Crippen molar-refractivity contribution in [3.05, 3.63) is 73.1 Å². The van der Waals surface area contributed by atoms with Gasteiger partial charge in [-0.05, 0) is 6.07 Å². The van der Waals surface area contributed by atoms with Crippen molar-refractivity contribution in [3.8, 4) is 22.5 Å². The van der Waals surface area contributed by atoms with Crippen molar-refractivity contribution in [2.24, 2.45) is 0 Å². The first-order valence-electron chi connectivity index (χ1n) is 5.86. The van der Waals surface area contributed by atoms with Gasteiger partial charge in [-0.15, -0.1) is 0 Å². The Kier molecular flexibility index (Phi) is 4.54. The second-order valence-electron chi connectivity index (χ2n) is 4.02. The summed E-state index contributed by atoms with van der Waals surface area (Å²) in [6.07, 6.45) is 1.62. The Balaban J connectivity index is 0.00000133. The third-order valence-electron chi connectivity index (χ3n) is 2.81. The largest absolute Gasteiger partial charge is 3.00 e. The molecule has 1 heterocycles. The third-order valence-corrected chi connectivity index (χ3v) is 2.81. The molecule has 19 heavy (non-hydrogen) atoms. The van der Waals surface area contributed by atoms with Crippen LogP contribution >= 0.6 is 0 Å². The maximum absolute atomic E-state index is 4.32. The summed E-state index contributed by atoms with van der Waals surface area (Å²) in [5, 5.41) is 0. The minimum Gasteiger partial charge on any atom is -0.236 e. The molecular weight excluding hydrogens is 321 g/mol. The molecule has 2 nitrogen and oxygen atoms in total. The maximum atomic E-state index is 4.32. The molecule has 0 aliphatic carbocycles. The second-order valence-corrected chi connectivity index (χ2v) is 4.02. The zero-order valence-electron chi connectivity index (χ0n) is 10.2. The summed E-state index contributed by atoms with van der Waals surface area (Å²) in [6.45, 7) is 0.